The highest BCUT2D eigenvalue weighted by molar-refractivity contribution is 8.00. The molecule has 0 bridgehead atoms. The van der Waals surface area contributed by atoms with Crippen LogP contribution in [-0.4, -0.2) is 50.0 Å². The number of carbonyl (C=O) groups excluding carboxylic acids is 1. The van der Waals surface area contributed by atoms with Gasteiger partial charge in [0.05, 0.1) is 39.3 Å². The van der Waals surface area contributed by atoms with Crippen molar-refractivity contribution in [2.45, 2.75) is 71.5 Å². The van der Waals surface area contributed by atoms with Crippen LogP contribution in [0.3, 0.4) is 0 Å². The molecular formula is C22H40O9P2S. The number of thioether (sulfide) groups is 1. The fourth-order valence-electron chi connectivity index (χ4n) is 3.30. The zero-order valence-electron chi connectivity index (χ0n) is 21.2. The van der Waals surface area contributed by atoms with E-state index in [4.69, 9.17) is 27.2 Å². The Hall–Kier alpha value is -0.600. The Morgan fingerprint density at radius 2 is 1.53 bits per heavy atom. The van der Waals surface area contributed by atoms with Crippen LogP contribution in [0.15, 0.2) is 16.7 Å². The molecule has 9 nitrogen and oxygen atoms in total. The molecule has 0 aliphatic rings. The molecule has 0 radical (unpaired) electrons. The Kier molecular flexibility index (Phi) is 15.0. The normalized spacial score (nSPS) is 14.2. The number of hydrogen-bond donors (Lipinski definition) is 0. The predicted molar refractivity (Wildman–Crippen MR) is 135 cm³/mol. The summed E-state index contributed by atoms with van der Waals surface area (Å²) in [6, 6.07) is 1.62. The molecule has 0 amide bonds. The highest BCUT2D eigenvalue weighted by Crippen LogP contribution is 2.64. The summed E-state index contributed by atoms with van der Waals surface area (Å²) in [7, 11) is -7.23. The lowest BCUT2D eigenvalue weighted by molar-refractivity contribution is -0.142. The number of esters is 1. The van der Waals surface area contributed by atoms with Crippen molar-refractivity contribution in [1.29, 1.82) is 0 Å². The maximum atomic E-state index is 14.0. The zero-order valence-corrected chi connectivity index (χ0v) is 23.8. The molecule has 0 aliphatic carbocycles. The van der Waals surface area contributed by atoms with Crippen LogP contribution < -0.4 is 0 Å². The van der Waals surface area contributed by atoms with Gasteiger partial charge < -0.3 is 27.2 Å². The molecule has 0 spiro atoms. The third kappa shape index (κ3) is 9.45. The maximum absolute atomic E-state index is 14.0. The van der Waals surface area contributed by atoms with E-state index in [9.17, 15) is 13.9 Å². The molecule has 0 aromatic carbocycles. The highest BCUT2D eigenvalue weighted by atomic mass is 32.2. The zero-order chi connectivity index (χ0) is 25.6. The van der Waals surface area contributed by atoms with E-state index in [0.29, 0.717) is 17.1 Å². The summed E-state index contributed by atoms with van der Waals surface area (Å²) < 4.78 is 60.0. The van der Waals surface area contributed by atoms with E-state index < -0.39 is 32.1 Å². The Balaban J connectivity index is 3.49. The van der Waals surface area contributed by atoms with Crippen LogP contribution >= 0.6 is 27.0 Å². The maximum Gasteiger partial charge on any atom is 0.339 e. The second-order valence-corrected chi connectivity index (χ2v) is 12.6. The molecule has 2 unspecified atom stereocenters. The Morgan fingerprint density at radius 3 is 2.03 bits per heavy atom. The number of rotatable bonds is 19. The monoisotopic (exact) mass is 542 g/mol. The second kappa shape index (κ2) is 16.2. The molecule has 0 saturated heterocycles. The van der Waals surface area contributed by atoms with Gasteiger partial charge in [0, 0.05) is 5.56 Å². The van der Waals surface area contributed by atoms with Crippen molar-refractivity contribution in [3.63, 3.8) is 0 Å². The molecule has 1 aromatic heterocycles. The summed E-state index contributed by atoms with van der Waals surface area (Å²) >= 11 is 1.36. The minimum absolute atomic E-state index is 0.0952. The van der Waals surface area contributed by atoms with Gasteiger partial charge in [0.15, 0.2) is 0 Å². The van der Waals surface area contributed by atoms with Crippen molar-refractivity contribution in [2.24, 2.45) is 0 Å². The van der Waals surface area contributed by atoms with Gasteiger partial charge in [-0.25, -0.2) is 0 Å². The predicted octanol–water partition coefficient (Wildman–Crippen LogP) is 6.82. The minimum atomic E-state index is -3.81. The molecule has 0 fully saturated rings. The van der Waals surface area contributed by atoms with Gasteiger partial charge >= 0.3 is 21.2 Å². The van der Waals surface area contributed by atoms with Crippen LogP contribution in [0.2, 0.25) is 0 Å². The minimum Gasteiger partial charge on any atom is -0.468 e. The first-order chi connectivity index (χ1) is 16.2. The fraction of sp³-hybridized carbons (Fsp3) is 0.773. The van der Waals surface area contributed by atoms with E-state index in [0.717, 1.165) is 12.8 Å². The second-order valence-electron chi connectivity index (χ2n) is 7.17. The van der Waals surface area contributed by atoms with Crippen LogP contribution in [0.5, 0.6) is 0 Å². The number of hydrogen-bond acceptors (Lipinski definition) is 10. The van der Waals surface area contributed by atoms with Crippen LogP contribution in [0, 0.1) is 0 Å². The van der Waals surface area contributed by atoms with E-state index in [1.807, 2.05) is 0 Å². The third-order valence-electron chi connectivity index (χ3n) is 4.58. The van der Waals surface area contributed by atoms with Crippen LogP contribution in [0.4, 0.5) is 0 Å². The first-order valence-electron chi connectivity index (χ1n) is 11.9. The van der Waals surface area contributed by atoms with Crippen molar-refractivity contribution in [3.05, 3.63) is 23.7 Å². The van der Waals surface area contributed by atoms with Crippen molar-refractivity contribution >= 4 is 32.9 Å². The lowest BCUT2D eigenvalue weighted by atomic mass is 10.1. The van der Waals surface area contributed by atoms with E-state index >= 15 is 0 Å². The van der Waals surface area contributed by atoms with Crippen molar-refractivity contribution in [3.8, 4) is 0 Å². The molecule has 198 valence electrons. The standard InChI is InChI=1S/C22H40O9P2S/c1-7-13-14-34-21(22(23)26-8-2)20(33(25,30-11-5)31-12-6)18-15-19(27-16-18)17-32(24,28-9-3)29-10-4/h15-16,20-21H,7-14,17H2,1-6H3. The number of carbonyl (C=O) groups is 1. The molecule has 0 saturated carbocycles. The lowest BCUT2D eigenvalue weighted by Gasteiger charge is -2.30. The van der Waals surface area contributed by atoms with E-state index in [1.165, 1.54) is 18.0 Å². The largest absolute Gasteiger partial charge is 0.468 e. The van der Waals surface area contributed by atoms with E-state index in [-0.39, 0.29) is 39.2 Å². The van der Waals surface area contributed by atoms with E-state index in [2.05, 4.69) is 6.92 Å². The van der Waals surface area contributed by atoms with Gasteiger partial charge in [-0.05, 0) is 52.9 Å². The van der Waals surface area contributed by atoms with Gasteiger partial charge in [0.2, 0.25) is 0 Å². The SMILES string of the molecule is CCCCSC(C(=O)OCC)C(c1coc(CP(=O)(OCC)OCC)c1)P(=O)(OCC)OCC. The summed E-state index contributed by atoms with van der Waals surface area (Å²) in [6.45, 7) is 11.6. The topological polar surface area (TPSA) is 110 Å². The summed E-state index contributed by atoms with van der Waals surface area (Å²) in [6.07, 6.45) is 3.13. The molecule has 1 aromatic rings. The first kappa shape index (κ1) is 31.4. The van der Waals surface area contributed by atoms with Crippen LogP contribution in [0.25, 0.3) is 0 Å². The third-order valence-corrected chi connectivity index (χ3v) is 10.6. The van der Waals surface area contributed by atoms with Gasteiger partial charge in [-0.1, -0.05) is 13.3 Å². The average molecular weight is 543 g/mol. The molecule has 34 heavy (non-hydrogen) atoms. The van der Waals surface area contributed by atoms with E-state index in [1.54, 1.807) is 40.7 Å². The van der Waals surface area contributed by atoms with Crippen LogP contribution in [0.1, 0.15) is 71.4 Å². The van der Waals surface area contributed by atoms with Gasteiger partial charge in [-0.3, -0.25) is 13.9 Å². The lowest BCUT2D eigenvalue weighted by Crippen LogP contribution is -2.29. The Labute approximate surface area is 208 Å². The van der Waals surface area contributed by atoms with Crippen molar-refractivity contribution in [2.75, 3.05) is 38.8 Å². The van der Waals surface area contributed by atoms with Gasteiger partial charge in [-0.2, -0.15) is 0 Å². The number of ether oxygens (including phenoxy) is 1. The highest BCUT2D eigenvalue weighted by Gasteiger charge is 2.47. The van der Waals surface area contributed by atoms with Gasteiger partial charge in [0.25, 0.3) is 0 Å². The molecule has 1 heterocycles. The quantitative estimate of drug-likeness (QED) is 0.105. The summed E-state index contributed by atoms with van der Waals surface area (Å²) in [5, 5.41) is -0.841. The molecule has 0 N–H and O–H groups in total. The summed E-state index contributed by atoms with van der Waals surface area (Å²) in [5.41, 5.74) is -0.522. The molecule has 0 aliphatic heterocycles. The molecule has 1 rings (SSSR count). The molecular weight excluding hydrogens is 502 g/mol. The van der Waals surface area contributed by atoms with Crippen molar-refractivity contribution in [1.82, 2.24) is 0 Å². The average Bonchev–Trinajstić information content (AvgIpc) is 3.21. The summed E-state index contributed by atoms with van der Waals surface area (Å²) in [4.78, 5) is 13.0. The first-order valence-corrected chi connectivity index (χ1v) is 16.2. The Bertz CT molecular complexity index is 794. The Morgan fingerprint density at radius 1 is 0.941 bits per heavy atom. The summed E-state index contributed by atoms with van der Waals surface area (Å²) in [5.74, 6) is 0.500. The molecule has 2 atom stereocenters. The van der Waals surface area contributed by atoms with Gasteiger partial charge in [-0.15, -0.1) is 11.8 Å². The number of furan rings is 1. The molecule has 12 heteroatoms. The smallest absolute Gasteiger partial charge is 0.339 e. The fourth-order valence-corrected chi connectivity index (χ4v) is 8.92. The van der Waals surface area contributed by atoms with Gasteiger partial charge in [0.1, 0.15) is 22.8 Å². The van der Waals surface area contributed by atoms with Crippen LogP contribution in [-0.2, 0) is 42.9 Å². The number of unbranched alkanes of at least 4 members (excludes halogenated alkanes) is 1. The van der Waals surface area contributed by atoms with Crippen molar-refractivity contribution < 1.29 is 41.2 Å².